The standard InChI is InChI=1S/C18H14F3N5/c19-18(20,21)14-4-7-16(13(9-14)10-22)26-11-24-17(25-26)8-3-12-1-5-15(23)6-2-12/h1-2,4-7,9,11H,3,8,23H2. The summed E-state index contributed by atoms with van der Waals surface area (Å²) in [5, 5.41) is 13.4. The van der Waals surface area contributed by atoms with Crippen LogP contribution in [0.1, 0.15) is 22.5 Å². The maximum Gasteiger partial charge on any atom is 0.416 e. The van der Waals surface area contributed by atoms with Crippen molar-refractivity contribution in [1.29, 1.82) is 5.26 Å². The van der Waals surface area contributed by atoms with E-state index in [2.05, 4.69) is 10.1 Å². The quantitative estimate of drug-likeness (QED) is 0.725. The number of nitriles is 1. The van der Waals surface area contributed by atoms with E-state index in [1.807, 2.05) is 24.3 Å². The zero-order chi connectivity index (χ0) is 18.7. The van der Waals surface area contributed by atoms with E-state index in [0.29, 0.717) is 24.4 Å². The van der Waals surface area contributed by atoms with Crippen LogP contribution in [0, 0.1) is 11.3 Å². The first-order valence-corrected chi connectivity index (χ1v) is 7.73. The first-order chi connectivity index (χ1) is 12.4. The second kappa shape index (κ2) is 6.88. The predicted octanol–water partition coefficient (Wildman–Crippen LogP) is 3.53. The number of hydrogen-bond donors (Lipinski definition) is 1. The molecule has 0 aliphatic rings. The molecule has 3 aromatic rings. The van der Waals surface area contributed by atoms with Gasteiger partial charge in [-0.25, -0.2) is 9.67 Å². The minimum atomic E-state index is -4.50. The van der Waals surface area contributed by atoms with E-state index >= 15 is 0 Å². The predicted molar refractivity (Wildman–Crippen MR) is 89.3 cm³/mol. The Kier molecular flexibility index (Phi) is 4.63. The molecule has 0 saturated heterocycles. The Labute approximate surface area is 147 Å². The molecule has 1 aromatic heterocycles. The second-order valence-electron chi connectivity index (χ2n) is 5.69. The van der Waals surface area contributed by atoms with E-state index < -0.39 is 11.7 Å². The van der Waals surface area contributed by atoms with Crippen molar-refractivity contribution in [2.24, 2.45) is 0 Å². The molecule has 26 heavy (non-hydrogen) atoms. The molecule has 132 valence electrons. The van der Waals surface area contributed by atoms with E-state index in [0.717, 1.165) is 17.7 Å². The highest BCUT2D eigenvalue weighted by Gasteiger charge is 2.31. The number of rotatable bonds is 4. The van der Waals surface area contributed by atoms with E-state index in [4.69, 9.17) is 11.0 Å². The normalized spacial score (nSPS) is 11.3. The maximum absolute atomic E-state index is 12.8. The maximum atomic E-state index is 12.8. The molecule has 0 amide bonds. The van der Waals surface area contributed by atoms with E-state index in [1.54, 1.807) is 6.07 Å². The fourth-order valence-corrected chi connectivity index (χ4v) is 2.47. The number of hydrogen-bond acceptors (Lipinski definition) is 4. The van der Waals surface area contributed by atoms with Crippen LogP contribution < -0.4 is 5.73 Å². The van der Waals surface area contributed by atoms with E-state index in [1.165, 1.54) is 17.1 Å². The number of anilines is 1. The molecule has 5 nitrogen and oxygen atoms in total. The Morgan fingerprint density at radius 1 is 1.08 bits per heavy atom. The lowest BCUT2D eigenvalue weighted by atomic mass is 10.1. The van der Waals surface area contributed by atoms with Crippen LogP contribution in [0.3, 0.4) is 0 Å². The zero-order valence-corrected chi connectivity index (χ0v) is 13.5. The molecule has 3 rings (SSSR count). The molecule has 0 atom stereocenters. The molecule has 0 bridgehead atoms. The summed E-state index contributed by atoms with van der Waals surface area (Å²) in [7, 11) is 0. The summed E-state index contributed by atoms with van der Waals surface area (Å²) in [6.07, 6.45) is -1.86. The van der Waals surface area contributed by atoms with Gasteiger partial charge in [0.1, 0.15) is 12.4 Å². The summed E-state index contributed by atoms with van der Waals surface area (Å²) in [6, 6.07) is 12.2. The zero-order valence-electron chi connectivity index (χ0n) is 13.5. The number of aromatic nitrogens is 3. The van der Waals surface area contributed by atoms with Crippen molar-refractivity contribution in [2.45, 2.75) is 19.0 Å². The van der Waals surface area contributed by atoms with E-state index in [-0.39, 0.29) is 11.3 Å². The monoisotopic (exact) mass is 357 g/mol. The molecule has 0 radical (unpaired) electrons. The molecule has 0 spiro atoms. The molecule has 8 heteroatoms. The van der Waals surface area contributed by atoms with Crippen LogP contribution >= 0.6 is 0 Å². The lowest BCUT2D eigenvalue weighted by Crippen LogP contribution is -2.07. The van der Waals surface area contributed by atoms with Crippen LogP contribution in [0.15, 0.2) is 48.8 Å². The third-order valence-corrected chi connectivity index (χ3v) is 3.85. The number of halogens is 3. The van der Waals surface area contributed by atoms with Crippen molar-refractivity contribution >= 4 is 5.69 Å². The van der Waals surface area contributed by atoms with Gasteiger partial charge in [0.25, 0.3) is 0 Å². The first-order valence-electron chi connectivity index (χ1n) is 7.73. The van der Waals surface area contributed by atoms with Gasteiger partial charge in [0.05, 0.1) is 16.8 Å². The molecule has 2 aromatic carbocycles. The largest absolute Gasteiger partial charge is 0.416 e. The molecule has 1 heterocycles. The number of benzene rings is 2. The Morgan fingerprint density at radius 2 is 1.81 bits per heavy atom. The van der Waals surface area contributed by atoms with Gasteiger partial charge in [0.2, 0.25) is 0 Å². The van der Waals surface area contributed by atoms with Crippen molar-refractivity contribution in [3.8, 4) is 11.8 Å². The van der Waals surface area contributed by atoms with Crippen LogP contribution in [0.5, 0.6) is 0 Å². The Bertz CT molecular complexity index is 952. The van der Waals surface area contributed by atoms with Gasteiger partial charge in [-0.1, -0.05) is 12.1 Å². The summed E-state index contributed by atoms with van der Waals surface area (Å²) >= 11 is 0. The van der Waals surface area contributed by atoms with Crippen LogP contribution in [0.4, 0.5) is 18.9 Å². The van der Waals surface area contributed by atoms with Crippen LogP contribution in [-0.4, -0.2) is 14.8 Å². The van der Waals surface area contributed by atoms with Crippen molar-refractivity contribution in [3.05, 3.63) is 71.3 Å². The van der Waals surface area contributed by atoms with Crippen molar-refractivity contribution < 1.29 is 13.2 Å². The third-order valence-electron chi connectivity index (χ3n) is 3.85. The highest BCUT2D eigenvalue weighted by Crippen LogP contribution is 2.31. The molecule has 2 N–H and O–H groups in total. The topological polar surface area (TPSA) is 80.5 Å². The molecule has 0 aliphatic heterocycles. The third kappa shape index (κ3) is 3.83. The summed E-state index contributed by atoms with van der Waals surface area (Å²) in [6.45, 7) is 0. The van der Waals surface area contributed by atoms with Crippen molar-refractivity contribution in [3.63, 3.8) is 0 Å². The van der Waals surface area contributed by atoms with Crippen LogP contribution in [0.25, 0.3) is 5.69 Å². The highest BCUT2D eigenvalue weighted by molar-refractivity contribution is 5.50. The van der Waals surface area contributed by atoms with Crippen LogP contribution in [0.2, 0.25) is 0 Å². The Balaban J connectivity index is 1.79. The summed E-state index contributed by atoms with van der Waals surface area (Å²) in [5.74, 6) is 0.533. The van der Waals surface area contributed by atoms with Crippen molar-refractivity contribution in [2.75, 3.05) is 5.73 Å². The van der Waals surface area contributed by atoms with Gasteiger partial charge in [-0.15, -0.1) is 0 Å². The van der Waals surface area contributed by atoms with Gasteiger partial charge < -0.3 is 5.73 Å². The first kappa shape index (κ1) is 17.5. The van der Waals surface area contributed by atoms with Gasteiger partial charge in [-0.05, 0) is 42.3 Å². The fraction of sp³-hybridized carbons (Fsp3) is 0.167. The molecular weight excluding hydrogens is 343 g/mol. The Hall–Kier alpha value is -3.34. The summed E-state index contributed by atoms with van der Waals surface area (Å²) in [4.78, 5) is 4.17. The minimum absolute atomic E-state index is 0.116. The van der Waals surface area contributed by atoms with Gasteiger partial charge in [-0.2, -0.15) is 23.5 Å². The molecular formula is C18H14F3N5. The number of aryl methyl sites for hydroxylation is 2. The molecule has 0 unspecified atom stereocenters. The van der Waals surface area contributed by atoms with Gasteiger partial charge in [0, 0.05) is 12.1 Å². The minimum Gasteiger partial charge on any atom is -0.399 e. The summed E-state index contributed by atoms with van der Waals surface area (Å²) in [5.41, 5.74) is 6.66. The molecule has 0 saturated carbocycles. The SMILES string of the molecule is N#Cc1cc(C(F)(F)F)ccc1-n1cnc(CCc2ccc(N)cc2)n1. The number of nitrogens with zero attached hydrogens (tertiary/aromatic N) is 4. The lowest BCUT2D eigenvalue weighted by molar-refractivity contribution is -0.137. The van der Waals surface area contributed by atoms with E-state index in [9.17, 15) is 13.2 Å². The number of alkyl halides is 3. The number of nitrogens with two attached hydrogens (primary N) is 1. The lowest BCUT2D eigenvalue weighted by Gasteiger charge is -2.09. The highest BCUT2D eigenvalue weighted by atomic mass is 19.4. The van der Waals surface area contributed by atoms with Crippen molar-refractivity contribution in [1.82, 2.24) is 14.8 Å². The Morgan fingerprint density at radius 3 is 2.46 bits per heavy atom. The average molecular weight is 357 g/mol. The molecule has 0 aliphatic carbocycles. The van der Waals surface area contributed by atoms with Gasteiger partial charge in [-0.3, -0.25) is 0 Å². The van der Waals surface area contributed by atoms with Gasteiger partial charge >= 0.3 is 6.18 Å². The number of nitrogen functional groups attached to an aromatic ring is 1. The summed E-state index contributed by atoms with van der Waals surface area (Å²) < 4.78 is 39.6. The average Bonchev–Trinajstić information content (AvgIpc) is 3.08. The van der Waals surface area contributed by atoms with Crippen LogP contribution in [-0.2, 0) is 19.0 Å². The van der Waals surface area contributed by atoms with Gasteiger partial charge in [0.15, 0.2) is 5.82 Å². The smallest absolute Gasteiger partial charge is 0.399 e. The fourth-order valence-electron chi connectivity index (χ4n) is 2.47. The molecule has 0 fully saturated rings. The second-order valence-corrected chi connectivity index (χ2v) is 5.69.